The average molecular weight is 425 g/mol. The van der Waals surface area contributed by atoms with Crippen molar-refractivity contribution in [1.29, 1.82) is 0 Å². The number of nitrogens with zero attached hydrogens (tertiary/aromatic N) is 2. The summed E-state index contributed by atoms with van der Waals surface area (Å²) >= 11 is 0. The fraction of sp³-hybridized carbons (Fsp3) is 0.286. The van der Waals surface area contributed by atoms with Crippen LogP contribution < -0.4 is 0 Å². The summed E-state index contributed by atoms with van der Waals surface area (Å²) in [6.07, 6.45) is 3.35. The molecule has 2 aliphatic rings. The van der Waals surface area contributed by atoms with E-state index in [2.05, 4.69) is 29.2 Å². The molecule has 0 N–H and O–H groups in total. The van der Waals surface area contributed by atoms with E-state index in [1.165, 1.54) is 18.4 Å². The van der Waals surface area contributed by atoms with E-state index in [0.29, 0.717) is 29.3 Å². The van der Waals surface area contributed by atoms with E-state index in [0.717, 1.165) is 19.5 Å². The van der Waals surface area contributed by atoms with E-state index in [-0.39, 0.29) is 17.7 Å². The quantitative estimate of drug-likeness (QED) is 0.549. The van der Waals surface area contributed by atoms with E-state index in [1.807, 2.05) is 41.3 Å². The Morgan fingerprint density at radius 1 is 0.750 bits per heavy atom. The summed E-state index contributed by atoms with van der Waals surface area (Å²) in [5.74, 6) is -0.146. The molecule has 4 heteroatoms. The first kappa shape index (κ1) is 20.7. The topological polar surface area (TPSA) is 40.6 Å². The van der Waals surface area contributed by atoms with Crippen molar-refractivity contribution in [1.82, 2.24) is 9.80 Å². The summed E-state index contributed by atoms with van der Waals surface area (Å²) in [6.45, 7) is 2.48. The lowest BCUT2D eigenvalue weighted by Crippen LogP contribution is -2.56. The van der Waals surface area contributed by atoms with Crippen LogP contribution in [0.4, 0.5) is 0 Å². The molecule has 1 aliphatic carbocycles. The Labute approximate surface area is 189 Å². The Morgan fingerprint density at radius 2 is 1.38 bits per heavy atom. The van der Waals surface area contributed by atoms with Crippen LogP contribution >= 0.6 is 0 Å². The zero-order valence-corrected chi connectivity index (χ0v) is 18.2. The van der Waals surface area contributed by atoms with Crippen LogP contribution in [0.25, 0.3) is 0 Å². The fourth-order valence-electron chi connectivity index (χ4n) is 4.75. The van der Waals surface area contributed by atoms with Gasteiger partial charge in [0.15, 0.2) is 5.78 Å². The van der Waals surface area contributed by atoms with Crippen LogP contribution in [0.1, 0.15) is 44.7 Å². The molecule has 0 spiro atoms. The molecule has 1 unspecified atom stereocenters. The molecule has 2 fully saturated rings. The molecule has 1 saturated carbocycles. The van der Waals surface area contributed by atoms with Crippen molar-refractivity contribution < 1.29 is 9.59 Å². The normalized spacial score (nSPS) is 19.0. The maximum Gasteiger partial charge on any atom is 0.254 e. The first-order chi connectivity index (χ1) is 15.7. The van der Waals surface area contributed by atoms with Gasteiger partial charge in [-0.1, -0.05) is 78.9 Å². The molecule has 1 saturated heterocycles. The Hall–Kier alpha value is -3.24. The summed E-state index contributed by atoms with van der Waals surface area (Å²) in [5, 5.41) is 0. The summed E-state index contributed by atoms with van der Waals surface area (Å²) in [6, 6.07) is 27.6. The Morgan fingerprint density at radius 3 is 2.06 bits per heavy atom. The van der Waals surface area contributed by atoms with Crippen LogP contribution in [-0.2, 0) is 6.42 Å². The highest BCUT2D eigenvalue weighted by molar-refractivity contribution is 6.15. The number of carbonyl (C=O) groups is 2. The second kappa shape index (κ2) is 9.09. The Balaban J connectivity index is 1.44. The first-order valence-electron chi connectivity index (χ1n) is 11.5. The second-order valence-electron chi connectivity index (χ2n) is 8.81. The maximum atomic E-state index is 13.8. The lowest BCUT2D eigenvalue weighted by atomic mass is 9.95. The first-order valence-corrected chi connectivity index (χ1v) is 11.5. The SMILES string of the molecule is O=C(c1ccccc1)c1ccccc1C(=O)N1CCN(C2CC2)CC1Cc1ccccc1. The molecule has 3 aromatic rings. The van der Waals surface area contributed by atoms with Crippen molar-refractivity contribution in [3.8, 4) is 0 Å². The minimum Gasteiger partial charge on any atom is -0.333 e. The summed E-state index contributed by atoms with van der Waals surface area (Å²) in [7, 11) is 0. The Kier molecular flexibility index (Phi) is 5.87. The summed E-state index contributed by atoms with van der Waals surface area (Å²) in [4.78, 5) is 31.5. The van der Waals surface area contributed by atoms with Gasteiger partial charge in [0, 0.05) is 42.8 Å². The number of hydrogen-bond donors (Lipinski definition) is 0. The minimum atomic E-state index is -0.106. The predicted octanol–water partition coefficient (Wildman–Crippen LogP) is 4.45. The number of benzene rings is 3. The highest BCUT2D eigenvalue weighted by Crippen LogP contribution is 2.30. The second-order valence-corrected chi connectivity index (χ2v) is 8.81. The van der Waals surface area contributed by atoms with E-state index < -0.39 is 0 Å². The number of ketones is 1. The lowest BCUT2D eigenvalue weighted by Gasteiger charge is -2.42. The highest BCUT2D eigenvalue weighted by Gasteiger charge is 2.38. The number of amides is 1. The van der Waals surface area contributed by atoms with Crippen LogP contribution in [0.15, 0.2) is 84.9 Å². The van der Waals surface area contributed by atoms with E-state index in [9.17, 15) is 9.59 Å². The number of carbonyl (C=O) groups excluding carboxylic acids is 2. The van der Waals surface area contributed by atoms with Gasteiger partial charge in [-0.25, -0.2) is 0 Å². The standard InChI is InChI=1S/C28H28N2O2/c31-27(22-11-5-2-6-12-22)25-13-7-8-14-26(25)28(32)30-18-17-29(23-15-16-23)20-24(30)19-21-9-3-1-4-10-21/h1-14,23-24H,15-20H2. The van der Waals surface area contributed by atoms with Crippen molar-refractivity contribution in [2.75, 3.05) is 19.6 Å². The van der Waals surface area contributed by atoms with Crippen molar-refractivity contribution >= 4 is 11.7 Å². The molecule has 0 aromatic heterocycles. The molecule has 1 heterocycles. The maximum absolute atomic E-state index is 13.8. The third-order valence-corrected chi connectivity index (χ3v) is 6.59. The van der Waals surface area contributed by atoms with Crippen LogP contribution in [0.5, 0.6) is 0 Å². The Bertz CT molecular complexity index is 1090. The van der Waals surface area contributed by atoms with Crippen LogP contribution in [0.2, 0.25) is 0 Å². The van der Waals surface area contributed by atoms with Crippen molar-refractivity contribution in [2.24, 2.45) is 0 Å². The number of hydrogen-bond acceptors (Lipinski definition) is 3. The molecule has 3 aromatic carbocycles. The van der Waals surface area contributed by atoms with Crippen LogP contribution in [-0.4, -0.2) is 53.2 Å². The molecule has 32 heavy (non-hydrogen) atoms. The van der Waals surface area contributed by atoms with Gasteiger partial charge in [-0.05, 0) is 30.9 Å². The van der Waals surface area contributed by atoms with Crippen LogP contribution in [0.3, 0.4) is 0 Å². The molecular formula is C28H28N2O2. The largest absolute Gasteiger partial charge is 0.333 e. The third kappa shape index (κ3) is 4.37. The highest BCUT2D eigenvalue weighted by atomic mass is 16.2. The smallest absolute Gasteiger partial charge is 0.254 e. The van der Waals surface area contributed by atoms with Crippen molar-refractivity contribution in [2.45, 2.75) is 31.3 Å². The van der Waals surface area contributed by atoms with Gasteiger partial charge in [0.1, 0.15) is 0 Å². The van der Waals surface area contributed by atoms with Gasteiger partial charge in [0.05, 0.1) is 5.56 Å². The minimum absolute atomic E-state index is 0.0405. The molecule has 162 valence electrons. The zero-order chi connectivity index (χ0) is 21.9. The van der Waals surface area contributed by atoms with Gasteiger partial charge in [0.2, 0.25) is 0 Å². The van der Waals surface area contributed by atoms with E-state index >= 15 is 0 Å². The summed E-state index contributed by atoms with van der Waals surface area (Å²) < 4.78 is 0. The molecule has 5 rings (SSSR count). The van der Waals surface area contributed by atoms with Gasteiger partial charge in [-0.2, -0.15) is 0 Å². The third-order valence-electron chi connectivity index (χ3n) is 6.59. The van der Waals surface area contributed by atoms with Crippen molar-refractivity contribution in [3.63, 3.8) is 0 Å². The van der Waals surface area contributed by atoms with Crippen LogP contribution in [0, 0.1) is 0 Å². The van der Waals surface area contributed by atoms with Crippen molar-refractivity contribution in [3.05, 3.63) is 107 Å². The van der Waals surface area contributed by atoms with Gasteiger partial charge in [-0.15, -0.1) is 0 Å². The number of piperazine rings is 1. The number of rotatable bonds is 6. The molecule has 1 amide bonds. The van der Waals surface area contributed by atoms with Gasteiger partial charge in [-0.3, -0.25) is 14.5 Å². The fourth-order valence-corrected chi connectivity index (χ4v) is 4.75. The molecular weight excluding hydrogens is 396 g/mol. The molecule has 1 aliphatic heterocycles. The molecule has 1 atom stereocenters. The van der Waals surface area contributed by atoms with Gasteiger partial charge in [0.25, 0.3) is 5.91 Å². The molecule has 0 bridgehead atoms. The molecule has 0 radical (unpaired) electrons. The van der Waals surface area contributed by atoms with Gasteiger partial charge >= 0.3 is 0 Å². The monoisotopic (exact) mass is 424 g/mol. The zero-order valence-electron chi connectivity index (χ0n) is 18.2. The van der Waals surface area contributed by atoms with E-state index in [1.54, 1.807) is 24.3 Å². The van der Waals surface area contributed by atoms with E-state index in [4.69, 9.17) is 0 Å². The average Bonchev–Trinajstić information content (AvgIpc) is 3.70. The molecule has 4 nitrogen and oxygen atoms in total. The van der Waals surface area contributed by atoms with Gasteiger partial charge < -0.3 is 4.90 Å². The summed E-state index contributed by atoms with van der Waals surface area (Å²) in [5.41, 5.74) is 2.82. The lowest BCUT2D eigenvalue weighted by molar-refractivity contribution is 0.0435. The predicted molar refractivity (Wildman–Crippen MR) is 126 cm³/mol.